The van der Waals surface area contributed by atoms with E-state index in [4.69, 9.17) is 18.5 Å². The first-order chi connectivity index (χ1) is 16.7. The molecule has 0 saturated heterocycles. The molecule has 35 heavy (non-hydrogen) atoms. The van der Waals surface area contributed by atoms with Gasteiger partial charge in [0.05, 0.1) is 34.4 Å². The molecule has 0 saturated carbocycles. The number of likely N-dealkylation sites (N-methyl/N-ethyl adjacent to an activating group) is 1. The summed E-state index contributed by atoms with van der Waals surface area (Å²) in [5.74, 6) is 0. The van der Waals surface area contributed by atoms with Crippen molar-refractivity contribution in [2.45, 2.75) is 90.1 Å². The minimum absolute atomic E-state index is 0.0469. The van der Waals surface area contributed by atoms with Crippen LogP contribution in [0.3, 0.4) is 0 Å². The van der Waals surface area contributed by atoms with Gasteiger partial charge in [-0.2, -0.15) is 0 Å². The number of hydrogen-bond donors (Lipinski definition) is 1. The van der Waals surface area contributed by atoms with E-state index >= 15 is 0 Å². The van der Waals surface area contributed by atoms with Crippen LogP contribution in [0.15, 0.2) is 24.3 Å². The van der Waals surface area contributed by atoms with Gasteiger partial charge in [-0.25, -0.2) is 4.57 Å². The van der Waals surface area contributed by atoms with Gasteiger partial charge >= 0.3 is 7.82 Å². The van der Waals surface area contributed by atoms with Crippen molar-refractivity contribution in [1.82, 2.24) is 0 Å². The Morgan fingerprint density at radius 1 is 0.771 bits per heavy atom. The van der Waals surface area contributed by atoms with Gasteiger partial charge < -0.3 is 18.9 Å². The lowest BCUT2D eigenvalue weighted by Crippen LogP contribution is -2.37. The molecule has 2 atom stereocenters. The van der Waals surface area contributed by atoms with Gasteiger partial charge in [0.2, 0.25) is 0 Å². The molecule has 0 aromatic rings. The smallest absolute Gasteiger partial charge is 0.379 e. The molecule has 0 aromatic carbocycles. The van der Waals surface area contributed by atoms with Gasteiger partial charge in [-0.1, -0.05) is 50.5 Å². The first kappa shape index (κ1) is 34.5. The quantitative estimate of drug-likeness (QED) is 0.0627. The highest BCUT2D eigenvalue weighted by atomic mass is 31.2. The molecule has 0 rings (SSSR count). The number of rotatable bonds is 25. The molecule has 0 aliphatic carbocycles. The summed E-state index contributed by atoms with van der Waals surface area (Å²) in [6.07, 6.45) is 23.4. The van der Waals surface area contributed by atoms with Crippen LogP contribution >= 0.6 is 7.82 Å². The maximum Gasteiger partial charge on any atom is 0.472 e. The predicted molar refractivity (Wildman–Crippen MR) is 146 cm³/mol. The average Bonchev–Trinajstić information content (AvgIpc) is 2.79. The fourth-order valence-corrected chi connectivity index (χ4v) is 3.94. The standard InChI is InChI=1S/C27H54NO6P/c1-6-7-8-9-10-11-12-13-14-15-16-17-18-19-20-21-23-32-25-27(31-5)26-34-35(29,30)33-24-22-28(2,3)4/h10-11,16-17,27H,6-9,12-15,18-26H2,1-5H3/p+1/t27-/m1/s1. The monoisotopic (exact) mass is 520 g/mol. The number of methoxy groups -OCH3 is 1. The summed E-state index contributed by atoms with van der Waals surface area (Å²) < 4.78 is 33.6. The summed E-state index contributed by atoms with van der Waals surface area (Å²) in [6, 6.07) is 0. The molecule has 0 radical (unpaired) electrons. The first-order valence-corrected chi connectivity index (χ1v) is 15.0. The maximum atomic E-state index is 12.0. The van der Waals surface area contributed by atoms with Gasteiger partial charge in [-0.05, 0) is 57.8 Å². The van der Waals surface area contributed by atoms with Crippen LogP contribution in [-0.2, 0) is 23.1 Å². The number of allylic oxidation sites excluding steroid dienone is 4. The van der Waals surface area contributed by atoms with Crippen molar-refractivity contribution in [3.8, 4) is 0 Å². The number of nitrogens with zero attached hydrogens (tertiary/aromatic N) is 1. The van der Waals surface area contributed by atoms with E-state index in [1.54, 1.807) is 0 Å². The highest BCUT2D eigenvalue weighted by Gasteiger charge is 2.24. The van der Waals surface area contributed by atoms with Gasteiger partial charge in [0.25, 0.3) is 0 Å². The molecule has 0 aliphatic rings. The predicted octanol–water partition coefficient (Wildman–Crippen LogP) is 6.67. The molecule has 0 amide bonds. The zero-order valence-electron chi connectivity index (χ0n) is 23.3. The van der Waals surface area contributed by atoms with Crippen molar-refractivity contribution in [3.05, 3.63) is 24.3 Å². The Balaban J connectivity index is 3.61. The van der Waals surface area contributed by atoms with Gasteiger partial charge in [-0.15, -0.1) is 0 Å². The number of quaternary nitrogens is 1. The highest BCUT2D eigenvalue weighted by Crippen LogP contribution is 2.43. The van der Waals surface area contributed by atoms with E-state index in [9.17, 15) is 9.46 Å². The van der Waals surface area contributed by atoms with Crippen LogP contribution in [0.25, 0.3) is 0 Å². The Kier molecular flexibility index (Phi) is 22.3. The summed E-state index contributed by atoms with van der Waals surface area (Å²) in [5, 5.41) is 0. The summed E-state index contributed by atoms with van der Waals surface area (Å²) >= 11 is 0. The van der Waals surface area contributed by atoms with E-state index in [2.05, 4.69) is 31.2 Å². The molecular weight excluding hydrogens is 465 g/mol. The van der Waals surface area contributed by atoms with Crippen LogP contribution in [-0.4, -0.2) is 76.7 Å². The second-order valence-corrected chi connectivity index (χ2v) is 11.6. The number of hydrogen-bond acceptors (Lipinski definition) is 5. The topological polar surface area (TPSA) is 74.2 Å². The third kappa shape index (κ3) is 26.3. The number of unbranched alkanes of at least 4 members (excludes halogenated alkanes) is 9. The Hall–Kier alpha value is -0.530. The minimum atomic E-state index is -4.08. The molecular formula is C27H55NO6P+. The minimum Gasteiger partial charge on any atom is -0.379 e. The Morgan fingerprint density at radius 2 is 1.31 bits per heavy atom. The Labute approximate surface area is 216 Å². The molecule has 0 fully saturated rings. The summed E-state index contributed by atoms with van der Waals surface area (Å²) in [5.41, 5.74) is 0. The molecule has 0 aromatic heterocycles. The van der Waals surface area contributed by atoms with Crippen LogP contribution in [0.4, 0.5) is 0 Å². The van der Waals surface area contributed by atoms with E-state index in [-0.39, 0.29) is 13.2 Å². The fraction of sp³-hybridized carbons (Fsp3) is 0.852. The first-order valence-electron chi connectivity index (χ1n) is 13.5. The molecule has 0 heterocycles. The van der Waals surface area contributed by atoms with E-state index in [0.29, 0.717) is 24.2 Å². The molecule has 0 spiro atoms. The SMILES string of the molecule is CCCCCC=CCCCCC=CCCCCCOC[C@H](COP(=O)(O)OCC[N+](C)(C)C)OC. The van der Waals surface area contributed by atoms with E-state index in [0.717, 1.165) is 25.7 Å². The number of phosphoric ester groups is 1. The van der Waals surface area contributed by atoms with Crippen molar-refractivity contribution in [2.75, 3.05) is 61.2 Å². The van der Waals surface area contributed by atoms with Crippen molar-refractivity contribution < 1.29 is 32.5 Å². The average molecular weight is 521 g/mol. The van der Waals surface area contributed by atoms with Crippen LogP contribution in [0, 0.1) is 0 Å². The van der Waals surface area contributed by atoms with Crippen molar-refractivity contribution in [2.24, 2.45) is 0 Å². The third-order valence-corrected chi connectivity index (χ3v) is 6.52. The maximum absolute atomic E-state index is 12.0. The number of phosphoric acid groups is 1. The van der Waals surface area contributed by atoms with E-state index < -0.39 is 13.9 Å². The largest absolute Gasteiger partial charge is 0.472 e. The molecule has 0 aliphatic heterocycles. The lowest BCUT2D eigenvalue weighted by atomic mass is 10.1. The van der Waals surface area contributed by atoms with Crippen molar-refractivity contribution in [1.29, 1.82) is 0 Å². The molecule has 0 bridgehead atoms. The lowest BCUT2D eigenvalue weighted by molar-refractivity contribution is -0.870. The van der Waals surface area contributed by atoms with Gasteiger partial charge in [0.1, 0.15) is 19.3 Å². The zero-order valence-corrected chi connectivity index (χ0v) is 24.2. The van der Waals surface area contributed by atoms with Crippen LogP contribution < -0.4 is 0 Å². The van der Waals surface area contributed by atoms with Crippen LogP contribution in [0.1, 0.15) is 84.0 Å². The third-order valence-electron chi connectivity index (χ3n) is 5.54. The summed E-state index contributed by atoms with van der Waals surface area (Å²) in [4.78, 5) is 9.78. The Bertz CT molecular complexity index is 577. The van der Waals surface area contributed by atoms with Gasteiger partial charge in [-0.3, -0.25) is 9.05 Å². The summed E-state index contributed by atoms with van der Waals surface area (Å²) in [6.45, 7) is 3.93. The van der Waals surface area contributed by atoms with Gasteiger partial charge in [0, 0.05) is 13.7 Å². The second-order valence-electron chi connectivity index (χ2n) is 10.1. The molecule has 208 valence electrons. The number of ether oxygens (including phenoxy) is 2. The zero-order chi connectivity index (χ0) is 26.3. The van der Waals surface area contributed by atoms with E-state index in [1.807, 2.05) is 21.1 Å². The van der Waals surface area contributed by atoms with Crippen molar-refractivity contribution in [3.63, 3.8) is 0 Å². The highest BCUT2D eigenvalue weighted by molar-refractivity contribution is 7.47. The van der Waals surface area contributed by atoms with Crippen molar-refractivity contribution >= 4 is 7.82 Å². The lowest BCUT2D eigenvalue weighted by Gasteiger charge is -2.24. The molecule has 1 unspecified atom stereocenters. The van der Waals surface area contributed by atoms with Crippen LogP contribution in [0.5, 0.6) is 0 Å². The fourth-order valence-electron chi connectivity index (χ4n) is 3.19. The molecule has 8 heteroatoms. The Morgan fingerprint density at radius 3 is 1.83 bits per heavy atom. The van der Waals surface area contributed by atoms with Gasteiger partial charge in [0.15, 0.2) is 0 Å². The normalized spacial score (nSPS) is 15.3. The second kappa shape index (κ2) is 22.7. The molecule has 7 nitrogen and oxygen atoms in total. The van der Waals surface area contributed by atoms with E-state index in [1.165, 1.54) is 58.5 Å². The molecule has 1 N–H and O–H groups in total. The van der Waals surface area contributed by atoms with Crippen LogP contribution in [0.2, 0.25) is 0 Å². The summed E-state index contributed by atoms with van der Waals surface area (Å²) in [7, 11) is 3.41.